The van der Waals surface area contributed by atoms with Crippen molar-refractivity contribution in [3.8, 4) is 11.5 Å². The van der Waals surface area contributed by atoms with Crippen molar-refractivity contribution in [1.82, 2.24) is 15.6 Å². The first-order chi connectivity index (χ1) is 14.8. The summed E-state index contributed by atoms with van der Waals surface area (Å²) in [6.45, 7) is 6.63. The number of benzene rings is 1. The molecule has 0 aliphatic carbocycles. The van der Waals surface area contributed by atoms with Gasteiger partial charge in [0.15, 0.2) is 17.5 Å². The predicted molar refractivity (Wildman–Crippen MR) is 119 cm³/mol. The van der Waals surface area contributed by atoms with Gasteiger partial charge in [-0.2, -0.15) is 0 Å². The van der Waals surface area contributed by atoms with Gasteiger partial charge in [0, 0.05) is 32.4 Å². The standard InChI is InChI=1S/C23H31N5O2/c1-2-24-23(26-14-18-7-9-20-21(13-18)30-17-29-20)27-16-19-8-10-22(25-15-19)28-11-5-3-4-6-12-28/h7-10,13,15H,2-6,11-12,14,16-17H2,1H3,(H2,24,26,27). The first-order valence-electron chi connectivity index (χ1n) is 10.9. The van der Waals surface area contributed by atoms with Crippen molar-refractivity contribution < 1.29 is 9.47 Å². The molecule has 0 bridgehead atoms. The third-order valence-electron chi connectivity index (χ3n) is 5.40. The highest BCUT2D eigenvalue weighted by molar-refractivity contribution is 5.79. The van der Waals surface area contributed by atoms with Gasteiger partial charge in [0.2, 0.25) is 6.79 Å². The van der Waals surface area contributed by atoms with Gasteiger partial charge in [-0.3, -0.25) is 0 Å². The highest BCUT2D eigenvalue weighted by Gasteiger charge is 2.13. The molecule has 2 aliphatic heterocycles. The number of anilines is 1. The number of fused-ring (bicyclic) bond motifs is 1. The van der Waals surface area contributed by atoms with E-state index in [2.05, 4.69) is 39.6 Å². The third-order valence-corrected chi connectivity index (χ3v) is 5.40. The lowest BCUT2D eigenvalue weighted by atomic mass is 10.2. The number of guanidine groups is 1. The van der Waals surface area contributed by atoms with E-state index in [9.17, 15) is 0 Å². The molecule has 3 heterocycles. The Morgan fingerprint density at radius 1 is 1.00 bits per heavy atom. The van der Waals surface area contributed by atoms with Crippen molar-refractivity contribution in [2.75, 3.05) is 31.3 Å². The number of pyridine rings is 1. The monoisotopic (exact) mass is 409 g/mol. The molecule has 1 aromatic carbocycles. The summed E-state index contributed by atoms with van der Waals surface area (Å²) >= 11 is 0. The lowest BCUT2D eigenvalue weighted by Crippen LogP contribution is -2.36. The van der Waals surface area contributed by atoms with Crippen molar-refractivity contribution in [2.24, 2.45) is 4.99 Å². The van der Waals surface area contributed by atoms with E-state index in [1.165, 1.54) is 25.7 Å². The zero-order valence-corrected chi connectivity index (χ0v) is 17.7. The van der Waals surface area contributed by atoms with E-state index in [1.54, 1.807) is 0 Å². The molecule has 2 aromatic rings. The van der Waals surface area contributed by atoms with Crippen LogP contribution in [0, 0.1) is 0 Å². The average molecular weight is 410 g/mol. The Kier molecular flexibility index (Phi) is 6.90. The molecule has 0 unspecified atom stereocenters. The largest absolute Gasteiger partial charge is 0.454 e. The number of aliphatic imine (C=N–C) groups is 1. The normalized spacial score (nSPS) is 16.3. The number of aromatic nitrogens is 1. The van der Waals surface area contributed by atoms with Gasteiger partial charge in [0.05, 0.1) is 6.54 Å². The summed E-state index contributed by atoms with van der Waals surface area (Å²) in [6, 6.07) is 10.3. The Hall–Kier alpha value is -2.96. The van der Waals surface area contributed by atoms with Crippen molar-refractivity contribution in [1.29, 1.82) is 0 Å². The molecule has 1 aromatic heterocycles. The molecule has 0 amide bonds. The van der Waals surface area contributed by atoms with Gasteiger partial charge in [-0.05, 0) is 49.1 Å². The summed E-state index contributed by atoms with van der Waals surface area (Å²) in [5, 5.41) is 6.68. The Labute approximate surface area is 178 Å². The first-order valence-corrected chi connectivity index (χ1v) is 10.9. The quantitative estimate of drug-likeness (QED) is 0.563. The summed E-state index contributed by atoms with van der Waals surface area (Å²) < 4.78 is 10.8. The van der Waals surface area contributed by atoms with Crippen LogP contribution in [-0.4, -0.2) is 37.4 Å². The van der Waals surface area contributed by atoms with Crippen LogP contribution in [0.4, 0.5) is 5.82 Å². The Morgan fingerprint density at radius 3 is 2.57 bits per heavy atom. The molecule has 0 atom stereocenters. The van der Waals surface area contributed by atoms with Crippen LogP contribution >= 0.6 is 0 Å². The van der Waals surface area contributed by atoms with Crippen LogP contribution in [0.25, 0.3) is 0 Å². The van der Waals surface area contributed by atoms with Crippen LogP contribution in [0.3, 0.4) is 0 Å². The van der Waals surface area contributed by atoms with E-state index in [0.29, 0.717) is 19.9 Å². The fourth-order valence-corrected chi connectivity index (χ4v) is 3.75. The molecule has 0 saturated carbocycles. The Morgan fingerprint density at radius 2 is 1.80 bits per heavy atom. The number of ether oxygens (including phenoxy) is 2. The smallest absolute Gasteiger partial charge is 0.231 e. The van der Waals surface area contributed by atoms with Gasteiger partial charge >= 0.3 is 0 Å². The molecular formula is C23H31N5O2. The molecule has 2 aliphatic rings. The van der Waals surface area contributed by atoms with Crippen LogP contribution in [0.2, 0.25) is 0 Å². The zero-order valence-electron chi connectivity index (χ0n) is 17.7. The highest BCUT2D eigenvalue weighted by atomic mass is 16.7. The molecule has 7 nitrogen and oxygen atoms in total. The number of nitrogens with one attached hydrogen (secondary N) is 2. The molecule has 1 fully saturated rings. The number of nitrogens with zero attached hydrogens (tertiary/aromatic N) is 3. The predicted octanol–water partition coefficient (Wildman–Crippen LogP) is 3.45. The Balaban J connectivity index is 1.34. The topological polar surface area (TPSA) is 71.0 Å². The molecule has 160 valence electrons. The fraction of sp³-hybridized carbons (Fsp3) is 0.478. The van der Waals surface area contributed by atoms with Crippen molar-refractivity contribution in [2.45, 2.75) is 45.7 Å². The average Bonchev–Trinajstić information content (AvgIpc) is 3.08. The number of hydrogen-bond acceptors (Lipinski definition) is 5. The van der Waals surface area contributed by atoms with Crippen LogP contribution in [0.15, 0.2) is 41.5 Å². The second-order valence-electron chi connectivity index (χ2n) is 7.66. The maximum atomic E-state index is 5.45. The van der Waals surface area contributed by atoms with Crippen LogP contribution in [0.5, 0.6) is 11.5 Å². The van der Waals surface area contributed by atoms with Crippen molar-refractivity contribution in [3.63, 3.8) is 0 Å². The van der Waals surface area contributed by atoms with E-state index >= 15 is 0 Å². The minimum atomic E-state index is 0.293. The van der Waals surface area contributed by atoms with E-state index < -0.39 is 0 Å². The maximum Gasteiger partial charge on any atom is 0.231 e. The molecule has 4 rings (SSSR count). The summed E-state index contributed by atoms with van der Waals surface area (Å²) in [6.07, 6.45) is 7.13. The van der Waals surface area contributed by atoms with E-state index in [1.807, 2.05) is 24.4 Å². The van der Waals surface area contributed by atoms with Crippen LogP contribution in [-0.2, 0) is 13.1 Å². The number of rotatable bonds is 6. The summed E-state index contributed by atoms with van der Waals surface area (Å²) in [5.74, 6) is 3.46. The Bertz CT molecular complexity index is 845. The SMILES string of the molecule is CCNC(=NCc1ccc(N2CCCCCC2)nc1)NCc1ccc2c(c1)OCO2. The summed E-state index contributed by atoms with van der Waals surface area (Å²) in [7, 11) is 0. The highest BCUT2D eigenvalue weighted by Crippen LogP contribution is 2.32. The van der Waals surface area contributed by atoms with Crippen molar-refractivity contribution in [3.05, 3.63) is 47.7 Å². The molecular weight excluding hydrogens is 378 g/mol. The van der Waals surface area contributed by atoms with Crippen molar-refractivity contribution >= 4 is 11.8 Å². The van der Waals surface area contributed by atoms with Gasteiger partial charge in [-0.25, -0.2) is 9.98 Å². The molecule has 30 heavy (non-hydrogen) atoms. The van der Waals surface area contributed by atoms with E-state index in [4.69, 9.17) is 14.5 Å². The van der Waals surface area contributed by atoms with Gasteiger partial charge in [-0.15, -0.1) is 0 Å². The maximum absolute atomic E-state index is 5.45. The van der Waals surface area contributed by atoms with Gasteiger partial charge < -0.3 is 25.0 Å². The fourth-order valence-electron chi connectivity index (χ4n) is 3.75. The minimum Gasteiger partial charge on any atom is -0.454 e. The number of hydrogen-bond donors (Lipinski definition) is 2. The van der Waals surface area contributed by atoms with E-state index in [0.717, 1.165) is 54.0 Å². The molecule has 7 heteroatoms. The summed E-state index contributed by atoms with van der Waals surface area (Å²) in [5.41, 5.74) is 2.22. The lowest BCUT2D eigenvalue weighted by Gasteiger charge is -2.21. The minimum absolute atomic E-state index is 0.293. The second kappa shape index (κ2) is 10.2. The molecule has 2 N–H and O–H groups in total. The van der Waals surface area contributed by atoms with Gasteiger partial charge in [0.25, 0.3) is 0 Å². The molecule has 0 radical (unpaired) electrons. The second-order valence-corrected chi connectivity index (χ2v) is 7.66. The van der Waals surface area contributed by atoms with Gasteiger partial charge in [0.1, 0.15) is 5.82 Å². The van der Waals surface area contributed by atoms with Crippen LogP contribution < -0.4 is 25.0 Å². The third kappa shape index (κ3) is 5.34. The zero-order chi connectivity index (χ0) is 20.6. The molecule has 1 saturated heterocycles. The van der Waals surface area contributed by atoms with E-state index in [-0.39, 0.29) is 0 Å². The first kappa shape index (κ1) is 20.3. The summed E-state index contributed by atoms with van der Waals surface area (Å²) in [4.78, 5) is 11.8. The van der Waals surface area contributed by atoms with Gasteiger partial charge in [-0.1, -0.05) is 25.0 Å². The van der Waals surface area contributed by atoms with Crippen LogP contribution in [0.1, 0.15) is 43.7 Å². The lowest BCUT2D eigenvalue weighted by molar-refractivity contribution is 0.174. The molecule has 0 spiro atoms.